The van der Waals surface area contributed by atoms with E-state index in [0.717, 1.165) is 5.56 Å². The van der Waals surface area contributed by atoms with Gasteiger partial charge >= 0.3 is 5.97 Å². The number of rotatable bonds is 4. The van der Waals surface area contributed by atoms with Crippen molar-refractivity contribution in [2.45, 2.75) is 50.9 Å². The van der Waals surface area contributed by atoms with Gasteiger partial charge in [0.1, 0.15) is 17.0 Å². The van der Waals surface area contributed by atoms with Crippen LogP contribution in [-0.4, -0.2) is 31.9 Å². The molecule has 0 amide bonds. The predicted octanol–water partition coefficient (Wildman–Crippen LogP) is 2.61. The molecule has 0 aliphatic carbocycles. The first-order valence-electron chi connectivity index (χ1n) is 7.18. The van der Waals surface area contributed by atoms with Crippen molar-refractivity contribution in [2.24, 2.45) is 0 Å². The fourth-order valence-electron chi connectivity index (χ4n) is 2.53. The van der Waals surface area contributed by atoms with Gasteiger partial charge in [0.15, 0.2) is 0 Å². The van der Waals surface area contributed by atoms with Crippen LogP contribution >= 0.6 is 0 Å². The van der Waals surface area contributed by atoms with Gasteiger partial charge < -0.3 is 4.74 Å². The third-order valence-electron chi connectivity index (χ3n) is 3.73. The van der Waals surface area contributed by atoms with E-state index in [1.165, 1.54) is 0 Å². The average Bonchev–Trinajstić information content (AvgIpc) is 3.06. The third kappa shape index (κ3) is 2.77. The van der Waals surface area contributed by atoms with Crippen molar-refractivity contribution in [1.29, 1.82) is 0 Å². The lowest BCUT2D eigenvalue weighted by molar-refractivity contribution is -0.143. The number of benzene rings is 1. The van der Waals surface area contributed by atoms with Crippen LogP contribution in [-0.2, 0) is 26.1 Å². The van der Waals surface area contributed by atoms with Crippen LogP contribution in [0.1, 0.15) is 40.2 Å². The maximum absolute atomic E-state index is 12.8. The molecule has 21 heavy (non-hydrogen) atoms. The highest BCUT2D eigenvalue weighted by atomic mass is 32.2. The summed E-state index contributed by atoms with van der Waals surface area (Å²) in [6.45, 7) is 9.80. The Kier molecular flexibility index (Phi) is 4.26. The summed E-state index contributed by atoms with van der Waals surface area (Å²) < 4.78 is 19.3. The van der Waals surface area contributed by atoms with Crippen molar-refractivity contribution in [3.63, 3.8) is 0 Å². The Morgan fingerprint density at radius 1 is 1.33 bits per heavy atom. The third-order valence-corrected chi connectivity index (χ3v) is 5.72. The Labute approximate surface area is 129 Å². The number of carbonyl (C=O) groups is 1. The standard InChI is InChI=1S/C16H23NO3S/c1-6-20-14(18)13-16(5,12-10-8-7-9-11-12)17(13)21(19)15(2,3)4/h7-11,13H,6H2,1-5H3/t13-,16+,17?,21+/m1/s1. The van der Waals surface area contributed by atoms with Crippen LogP contribution in [0.4, 0.5) is 0 Å². The van der Waals surface area contributed by atoms with Crippen LogP contribution in [0, 0.1) is 0 Å². The predicted molar refractivity (Wildman–Crippen MR) is 83.9 cm³/mol. The minimum atomic E-state index is -1.27. The minimum Gasteiger partial charge on any atom is -0.465 e. The molecular formula is C16H23NO3S. The molecule has 0 saturated carbocycles. The molecule has 1 saturated heterocycles. The quantitative estimate of drug-likeness (QED) is 0.634. The lowest BCUT2D eigenvalue weighted by atomic mass is 9.97. The van der Waals surface area contributed by atoms with E-state index in [1.807, 2.05) is 58.0 Å². The number of hydrogen-bond acceptors (Lipinski definition) is 3. The second-order valence-corrected chi connectivity index (χ2v) is 8.47. The molecule has 1 aliphatic rings. The van der Waals surface area contributed by atoms with Gasteiger partial charge in [-0.05, 0) is 40.2 Å². The summed E-state index contributed by atoms with van der Waals surface area (Å²) >= 11 is 0. The summed E-state index contributed by atoms with van der Waals surface area (Å²) in [7, 11) is -1.27. The van der Waals surface area contributed by atoms with Crippen molar-refractivity contribution < 1.29 is 13.7 Å². The molecule has 1 fully saturated rings. The van der Waals surface area contributed by atoms with Crippen LogP contribution in [0.25, 0.3) is 0 Å². The molecule has 116 valence electrons. The summed E-state index contributed by atoms with van der Waals surface area (Å²) in [5.74, 6) is -0.304. The second kappa shape index (κ2) is 5.54. The highest BCUT2D eigenvalue weighted by Gasteiger charge is 2.69. The van der Waals surface area contributed by atoms with Crippen LogP contribution in [0.15, 0.2) is 30.3 Å². The molecule has 0 spiro atoms. The molecule has 4 nitrogen and oxygen atoms in total. The van der Waals surface area contributed by atoms with Gasteiger partial charge in [0, 0.05) is 0 Å². The Bertz CT molecular complexity index is 552. The molecule has 0 aromatic heterocycles. The number of ether oxygens (including phenoxy) is 1. The highest BCUT2D eigenvalue weighted by molar-refractivity contribution is 7.84. The van der Waals surface area contributed by atoms with E-state index in [4.69, 9.17) is 4.74 Å². The lowest BCUT2D eigenvalue weighted by Gasteiger charge is -2.21. The van der Waals surface area contributed by atoms with Crippen LogP contribution in [0.3, 0.4) is 0 Å². The first-order valence-corrected chi connectivity index (χ1v) is 8.28. The fourth-order valence-corrected chi connectivity index (χ4v) is 4.11. The Morgan fingerprint density at radius 2 is 1.90 bits per heavy atom. The summed E-state index contributed by atoms with van der Waals surface area (Å²) in [5.41, 5.74) is 0.423. The highest BCUT2D eigenvalue weighted by Crippen LogP contribution is 2.53. The van der Waals surface area contributed by atoms with Crippen LogP contribution < -0.4 is 0 Å². The first kappa shape index (κ1) is 16.2. The van der Waals surface area contributed by atoms with Crippen molar-refractivity contribution in [1.82, 2.24) is 4.31 Å². The first-order chi connectivity index (χ1) is 9.74. The van der Waals surface area contributed by atoms with Gasteiger partial charge in [0.05, 0.1) is 16.9 Å². The van der Waals surface area contributed by atoms with E-state index < -0.39 is 27.3 Å². The molecule has 0 bridgehead atoms. The minimum absolute atomic E-state index is 0.304. The number of nitrogens with zero attached hydrogens (tertiary/aromatic N) is 1. The molecule has 5 heteroatoms. The zero-order chi connectivity index (χ0) is 15.8. The molecule has 1 aliphatic heterocycles. The van der Waals surface area contributed by atoms with Gasteiger partial charge in [-0.25, -0.2) is 4.21 Å². The van der Waals surface area contributed by atoms with Crippen molar-refractivity contribution in [2.75, 3.05) is 6.61 Å². The Balaban J connectivity index is 2.38. The van der Waals surface area contributed by atoms with Crippen LogP contribution in [0.5, 0.6) is 0 Å². The van der Waals surface area contributed by atoms with Gasteiger partial charge in [-0.1, -0.05) is 30.3 Å². The number of carbonyl (C=O) groups excluding carboxylic acids is 1. The zero-order valence-electron chi connectivity index (χ0n) is 13.3. The van der Waals surface area contributed by atoms with E-state index >= 15 is 0 Å². The van der Waals surface area contributed by atoms with Crippen molar-refractivity contribution in [3.8, 4) is 0 Å². The van der Waals surface area contributed by atoms with Crippen molar-refractivity contribution in [3.05, 3.63) is 35.9 Å². The molecule has 1 unspecified atom stereocenters. The molecule has 1 aromatic rings. The fraction of sp³-hybridized carbons (Fsp3) is 0.562. The maximum Gasteiger partial charge on any atom is 0.326 e. The van der Waals surface area contributed by atoms with E-state index in [9.17, 15) is 9.00 Å². The van der Waals surface area contributed by atoms with Crippen molar-refractivity contribution >= 4 is 17.0 Å². The maximum atomic E-state index is 12.8. The van der Waals surface area contributed by atoms with E-state index in [2.05, 4.69) is 0 Å². The second-order valence-electron chi connectivity index (χ2n) is 6.36. The van der Waals surface area contributed by atoms with Gasteiger partial charge in [-0.3, -0.25) is 4.79 Å². The van der Waals surface area contributed by atoms with Gasteiger partial charge in [0.25, 0.3) is 0 Å². The average molecular weight is 309 g/mol. The topological polar surface area (TPSA) is 46.4 Å². The van der Waals surface area contributed by atoms with E-state index in [1.54, 1.807) is 11.2 Å². The summed E-state index contributed by atoms with van der Waals surface area (Å²) in [5, 5.41) is 0. The van der Waals surface area contributed by atoms with Gasteiger partial charge in [-0.2, -0.15) is 4.31 Å². The lowest BCUT2D eigenvalue weighted by Crippen LogP contribution is -2.30. The molecule has 0 N–H and O–H groups in total. The molecule has 1 aromatic carbocycles. The normalized spacial score (nSPS) is 29.8. The molecular weight excluding hydrogens is 286 g/mol. The molecule has 0 radical (unpaired) electrons. The summed E-state index contributed by atoms with van der Waals surface area (Å²) in [6.07, 6.45) is 0. The summed E-state index contributed by atoms with van der Waals surface area (Å²) in [4.78, 5) is 12.2. The largest absolute Gasteiger partial charge is 0.465 e. The van der Waals surface area contributed by atoms with E-state index in [0.29, 0.717) is 6.61 Å². The SMILES string of the molecule is CCOC(=O)[C@H]1N([S@@](=O)C(C)(C)C)[C@@]1(C)c1ccccc1. The van der Waals surface area contributed by atoms with Gasteiger partial charge in [0.2, 0.25) is 0 Å². The Morgan fingerprint density at radius 3 is 2.38 bits per heavy atom. The molecule has 2 rings (SSSR count). The van der Waals surface area contributed by atoms with Crippen LogP contribution in [0.2, 0.25) is 0 Å². The summed E-state index contributed by atoms with van der Waals surface area (Å²) in [6, 6.07) is 9.23. The number of hydrogen-bond donors (Lipinski definition) is 0. The molecule has 1 heterocycles. The monoisotopic (exact) mass is 309 g/mol. The molecule has 4 atom stereocenters. The van der Waals surface area contributed by atoms with E-state index in [-0.39, 0.29) is 5.97 Å². The van der Waals surface area contributed by atoms with Gasteiger partial charge in [-0.15, -0.1) is 0 Å². The smallest absolute Gasteiger partial charge is 0.326 e. The number of esters is 1. The zero-order valence-corrected chi connectivity index (χ0v) is 14.1. The Hall–Kier alpha value is -1.20.